The van der Waals surface area contributed by atoms with Gasteiger partial charge < -0.3 is 10.2 Å². The second kappa shape index (κ2) is 10.6. The smallest absolute Gasteiger partial charge is 0.244 e. The highest BCUT2D eigenvalue weighted by Crippen LogP contribution is 2.24. The fourth-order valence-corrected chi connectivity index (χ4v) is 4.41. The Labute approximate surface area is 201 Å². The molecule has 0 radical (unpaired) electrons. The standard InChI is InChI=1S/C24H32ClN3O4S/c1-17-11-7-10-14-21(17)28(33(6,31)32)16-22(29)27(15-19-12-8-9-13-20(19)25)18(2)23(30)26-24(3,4)5/h7-14,18H,15-16H2,1-6H3,(H,26,30)/t18-/m0/s1. The highest BCUT2D eigenvalue weighted by Gasteiger charge is 2.32. The van der Waals surface area contributed by atoms with Gasteiger partial charge in [-0.05, 0) is 57.9 Å². The zero-order valence-electron chi connectivity index (χ0n) is 19.9. The third-order valence-electron chi connectivity index (χ3n) is 5.03. The maximum Gasteiger partial charge on any atom is 0.244 e. The van der Waals surface area contributed by atoms with Crippen molar-refractivity contribution in [1.82, 2.24) is 10.2 Å². The van der Waals surface area contributed by atoms with Crippen LogP contribution in [0.1, 0.15) is 38.8 Å². The first-order chi connectivity index (χ1) is 15.2. The Hall–Kier alpha value is -2.58. The van der Waals surface area contributed by atoms with Crippen molar-refractivity contribution in [2.24, 2.45) is 0 Å². The first kappa shape index (κ1) is 26.7. The number of nitrogens with one attached hydrogen (secondary N) is 1. The van der Waals surface area contributed by atoms with Gasteiger partial charge >= 0.3 is 0 Å². The molecule has 180 valence electrons. The molecule has 1 atom stereocenters. The van der Waals surface area contributed by atoms with Crippen molar-refractivity contribution in [3.05, 3.63) is 64.7 Å². The molecule has 0 spiro atoms. The summed E-state index contributed by atoms with van der Waals surface area (Å²) >= 11 is 6.31. The molecule has 1 N–H and O–H groups in total. The quantitative estimate of drug-likeness (QED) is 0.606. The molecular weight excluding hydrogens is 462 g/mol. The Kier molecular flexibility index (Phi) is 8.54. The van der Waals surface area contributed by atoms with E-state index in [1.165, 1.54) is 4.90 Å². The Morgan fingerprint density at radius 2 is 1.64 bits per heavy atom. The van der Waals surface area contributed by atoms with Crippen LogP contribution in [-0.2, 0) is 26.2 Å². The molecule has 0 heterocycles. The van der Waals surface area contributed by atoms with Crippen LogP contribution in [0.15, 0.2) is 48.5 Å². The summed E-state index contributed by atoms with van der Waals surface area (Å²) in [5, 5.41) is 3.34. The van der Waals surface area contributed by atoms with Crippen molar-refractivity contribution >= 4 is 39.1 Å². The zero-order chi connectivity index (χ0) is 25.0. The summed E-state index contributed by atoms with van der Waals surface area (Å²) in [5.74, 6) is -0.857. The fourth-order valence-electron chi connectivity index (χ4n) is 3.30. The number of hydrogen-bond acceptors (Lipinski definition) is 4. The van der Waals surface area contributed by atoms with E-state index in [1.54, 1.807) is 62.4 Å². The molecule has 9 heteroatoms. The number of hydrogen-bond donors (Lipinski definition) is 1. The number of halogens is 1. The molecule has 0 aliphatic heterocycles. The average Bonchev–Trinajstić information content (AvgIpc) is 2.69. The molecule has 2 aromatic carbocycles. The zero-order valence-corrected chi connectivity index (χ0v) is 21.5. The van der Waals surface area contributed by atoms with Gasteiger partial charge in [0.2, 0.25) is 21.8 Å². The molecule has 0 unspecified atom stereocenters. The monoisotopic (exact) mass is 493 g/mol. The summed E-state index contributed by atoms with van der Waals surface area (Å²) in [6, 6.07) is 13.1. The van der Waals surface area contributed by atoms with Crippen LogP contribution < -0.4 is 9.62 Å². The van der Waals surface area contributed by atoms with Crippen molar-refractivity contribution in [3.63, 3.8) is 0 Å². The first-order valence-electron chi connectivity index (χ1n) is 10.6. The molecule has 33 heavy (non-hydrogen) atoms. The van der Waals surface area contributed by atoms with Crippen LogP contribution in [0.3, 0.4) is 0 Å². The first-order valence-corrected chi connectivity index (χ1v) is 12.8. The van der Waals surface area contributed by atoms with Gasteiger partial charge in [-0.1, -0.05) is 48.0 Å². The molecule has 2 aromatic rings. The summed E-state index contributed by atoms with van der Waals surface area (Å²) in [7, 11) is -3.77. The highest BCUT2D eigenvalue weighted by molar-refractivity contribution is 7.92. The van der Waals surface area contributed by atoms with Crippen molar-refractivity contribution in [3.8, 4) is 0 Å². The van der Waals surface area contributed by atoms with Gasteiger partial charge in [0.05, 0.1) is 11.9 Å². The molecule has 0 aromatic heterocycles. The van der Waals surface area contributed by atoms with E-state index in [2.05, 4.69) is 5.32 Å². The number of anilines is 1. The second-order valence-corrected chi connectivity index (χ2v) is 11.4. The molecule has 0 bridgehead atoms. The van der Waals surface area contributed by atoms with Gasteiger partial charge in [-0.2, -0.15) is 0 Å². The minimum absolute atomic E-state index is 0.0581. The van der Waals surface area contributed by atoms with E-state index in [-0.39, 0.29) is 12.5 Å². The Morgan fingerprint density at radius 3 is 2.18 bits per heavy atom. The van der Waals surface area contributed by atoms with Crippen molar-refractivity contribution in [1.29, 1.82) is 0 Å². The summed E-state index contributed by atoms with van der Waals surface area (Å²) in [5.41, 5.74) is 1.29. The van der Waals surface area contributed by atoms with E-state index in [4.69, 9.17) is 11.6 Å². The maximum absolute atomic E-state index is 13.5. The predicted octanol–water partition coefficient (Wildman–Crippen LogP) is 3.75. The number of carbonyl (C=O) groups excluding carboxylic acids is 2. The molecule has 0 aliphatic rings. The number of carbonyl (C=O) groups is 2. The van der Waals surface area contributed by atoms with E-state index in [1.807, 2.05) is 20.8 Å². The number of rotatable bonds is 8. The lowest BCUT2D eigenvalue weighted by Gasteiger charge is -2.33. The van der Waals surface area contributed by atoms with Crippen LogP contribution in [-0.4, -0.2) is 49.5 Å². The summed E-state index contributed by atoms with van der Waals surface area (Å²) in [6.07, 6.45) is 1.06. The van der Waals surface area contributed by atoms with E-state index in [0.717, 1.165) is 10.6 Å². The normalized spacial score (nSPS) is 12.7. The van der Waals surface area contributed by atoms with Crippen LogP contribution in [0.2, 0.25) is 5.02 Å². The SMILES string of the molecule is Cc1ccccc1N(CC(=O)N(Cc1ccccc1Cl)[C@@H](C)C(=O)NC(C)(C)C)S(C)(=O)=O. The fraction of sp³-hybridized carbons (Fsp3) is 0.417. The second-order valence-electron chi connectivity index (χ2n) is 9.08. The lowest BCUT2D eigenvalue weighted by atomic mass is 10.1. The van der Waals surface area contributed by atoms with Gasteiger partial charge in [0, 0.05) is 17.1 Å². The molecule has 2 amide bonds. The van der Waals surface area contributed by atoms with Gasteiger partial charge in [0.25, 0.3) is 0 Å². The van der Waals surface area contributed by atoms with Crippen LogP contribution in [0, 0.1) is 6.92 Å². The average molecular weight is 494 g/mol. The number of para-hydroxylation sites is 1. The molecule has 0 saturated heterocycles. The van der Waals surface area contributed by atoms with Gasteiger partial charge in [-0.15, -0.1) is 0 Å². The van der Waals surface area contributed by atoms with Gasteiger partial charge in [-0.3, -0.25) is 13.9 Å². The molecular formula is C24H32ClN3O4S. The molecule has 0 saturated carbocycles. The topological polar surface area (TPSA) is 86.8 Å². The molecule has 7 nitrogen and oxygen atoms in total. The number of amides is 2. The van der Waals surface area contributed by atoms with Gasteiger partial charge in [-0.25, -0.2) is 8.42 Å². The van der Waals surface area contributed by atoms with Crippen molar-refractivity contribution in [2.45, 2.75) is 52.7 Å². The summed E-state index contributed by atoms with van der Waals surface area (Å²) < 4.78 is 26.3. The van der Waals surface area contributed by atoms with Crippen LogP contribution >= 0.6 is 11.6 Å². The predicted molar refractivity (Wildman–Crippen MR) is 133 cm³/mol. The third-order valence-corrected chi connectivity index (χ3v) is 6.52. The van der Waals surface area contributed by atoms with E-state index in [0.29, 0.717) is 21.8 Å². The summed E-state index contributed by atoms with van der Waals surface area (Å²) in [4.78, 5) is 27.8. The van der Waals surface area contributed by atoms with Crippen LogP contribution in [0.4, 0.5) is 5.69 Å². The van der Waals surface area contributed by atoms with Gasteiger partial charge in [0.1, 0.15) is 12.6 Å². The molecule has 2 rings (SSSR count). The van der Waals surface area contributed by atoms with Crippen molar-refractivity contribution < 1.29 is 18.0 Å². The van der Waals surface area contributed by atoms with Crippen molar-refractivity contribution in [2.75, 3.05) is 17.1 Å². The maximum atomic E-state index is 13.5. The van der Waals surface area contributed by atoms with Crippen LogP contribution in [0.25, 0.3) is 0 Å². The minimum atomic E-state index is -3.77. The number of nitrogens with zero attached hydrogens (tertiary/aromatic N) is 2. The Balaban J connectivity index is 2.43. The number of aryl methyl sites for hydroxylation is 1. The lowest BCUT2D eigenvalue weighted by Crippen LogP contribution is -2.54. The largest absolute Gasteiger partial charge is 0.350 e. The van der Waals surface area contributed by atoms with Crippen LogP contribution in [0.5, 0.6) is 0 Å². The molecule has 0 aliphatic carbocycles. The Morgan fingerprint density at radius 1 is 1.06 bits per heavy atom. The summed E-state index contributed by atoms with van der Waals surface area (Å²) in [6.45, 7) is 8.56. The lowest BCUT2D eigenvalue weighted by molar-refractivity contribution is -0.140. The number of benzene rings is 2. The minimum Gasteiger partial charge on any atom is -0.350 e. The highest BCUT2D eigenvalue weighted by atomic mass is 35.5. The van der Waals surface area contributed by atoms with E-state index in [9.17, 15) is 18.0 Å². The Bertz CT molecular complexity index is 1110. The molecule has 0 fully saturated rings. The van der Waals surface area contributed by atoms with Gasteiger partial charge in [0.15, 0.2) is 0 Å². The third kappa shape index (κ3) is 7.47. The van der Waals surface area contributed by atoms with E-state index >= 15 is 0 Å². The number of sulfonamides is 1. The van der Waals surface area contributed by atoms with E-state index < -0.39 is 34.1 Å².